The van der Waals surface area contributed by atoms with Gasteiger partial charge in [-0.05, 0) is 0 Å². The van der Waals surface area contributed by atoms with E-state index in [1.165, 1.54) is 0 Å². The van der Waals surface area contributed by atoms with Crippen molar-refractivity contribution in [3.8, 4) is 0 Å². The molecule has 5 heavy (non-hydrogen) atoms. The molecule has 0 aromatic rings. The van der Waals surface area contributed by atoms with Crippen LogP contribution in [0.3, 0.4) is 0 Å². The Morgan fingerprint density at radius 1 is 1.60 bits per heavy atom. The zero-order valence-corrected chi connectivity index (χ0v) is 6.97. The van der Waals surface area contributed by atoms with Gasteiger partial charge in [0.2, 0.25) is 0 Å². The minimum atomic E-state index is -0.250. The van der Waals surface area contributed by atoms with Crippen LogP contribution in [0.2, 0.25) is 0 Å². The van der Waals surface area contributed by atoms with Crippen LogP contribution < -0.4 is 53.5 Å². The molecule has 0 heterocycles. The quantitative estimate of drug-likeness (QED) is 0.238. The molecule has 0 unspecified atom stereocenters. The summed E-state index contributed by atoms with van der Waals surface area (Å²) in [6, 6.07) is 0. The summed E-state index contributed by atoms with van der Waals surface area (Å²) in [5, 5.41) is 6.89. The zero-order chi connectivity index (χ0) is 2.71. The van der Waals surface area contributed by atoms with Crippen molar-refractivity contribution in [1.29, 1.82) is 0 Å². The van der Waals surface area contributed by atoms with Crippen molar-refractivity contribution >= 4 is 6.47 Å². The Morgan fingerprint density at radius 3 is 1.60 bits per heavy atom. The van der Waals surface area contributed by atoms with Gasteiger partial charge in [-0.2, -0.15) is 0 Å². The van der Waals surface area contributed by atoms with E-state index in [1.54, 1.807) is 0 Å². The Kier molecular flexibility index (Phi) is 62.1. The second-order valence-electron chi connectivity index (χ2n) is 0.105. The predicted octanol–water partition coefficient (Wildman–Crippen LogP) is -6.29. The molecule has 0 radical (unpaired) electrons. The van der Waals surface area contributed by atoms with E-state index in [0.717, 1.165) is 0 Å². The molecular weight excluding hydrogens is 194 g/mol. The molecule has 26 valence electrons. The maximum atomic E-state index is 8.36. The van der Waals surface area contributed by atoms with Gasteiger partial charge in [-0.15, -0.1) is 0 Å². The van der Waals surface area contributed by atoms with Crippen LogP contribution in [0.1, 0.15) is 0 Å². The Labute approximate surface area is 69.3 Å². The summed E-state index contributed by atoms with van der Waals surface area (Å²) in [6.45, 7) is -0.250. The average molecular weight is 196 g/mol. The first-order valence-electron chi connectivity index (χ1n) is 0.494. The van der Waals surface area contributed by atoms with Crippen LogP contribution in [-0.4, -0.2) is 11.6 Å². The SMILES string of the molecule is O=CO.[I-].[Na+]. The number of hydrogen-bond acceptors (Lipinski definition) is 1. The van der Waals surface area contributed by atoms with Crippen LogP contribution in [0, 0.1) is 0 Å². The van der Waals surface area contributed by atoms with Crippen molar-refractivity contribution in [3.63, 3.8) is 0 Å². The fourth-order valence-corrected chi connectivity index (χ4v) is 0. The van der Waals surface area contributed by atoms with Gasteiger partial charge in [0.25, 0.3) is 6.47 Å². The van der Waals surface area contributed by atoms with Crippen molar-refractivity contribution in [1.82, 2.24) is 0 Å². The number of carboxylic acid groups (broad SMARTS) is 1. The van der Waals surface area contributed by atoms with Gasteiger partial charge in [0, 0.05) is 0 Å². The summed E-state index contributed by atoms with van der Waals surface area (Å²) < 4.78 is 0. The standard InChI is InChI=1S/CH2O2.HI.Na/c2-1-3;;/h1H,(H,2,3);1H;/q;;+1/p-1. The maximum absolute atomic E-state index is 8.36. The number of halogens is 1. The molecule has 0 amide bonds. The topological polar surface area (TPSA) is 37.3 Å². The summed E-state index contributed by atoms with van der Waals surface area (Å²) in [5.74, 6) is 0. The van der Waals surface area contributed by atoms with E-state index in [4.69, 9.17) is 9.90 Å². The number of rotatable bonds is 0. The first-order chi connectivity index (χ1) is 1.41. The number of hydrogen-bond donors (Lipinski definition) is 1. The van der Waals surface area contributed by atoms with Gasteiger partial charge in [-0.3, -0.25) is 4.79 Å². The molecule has 0 aliphatic rings. The molecule has 0 aromatic heterocycles. The van der Waals surface area contributed by atoms with Crippen LogP contribution in [0.5, 0.6) is 0 Å². The summed E-state index contributed by atoms with van der Waals surface area (Å²) in [6.07, 6.45) is 0. The molecular formula is CH2INaO2. The van der Waals surface area contributed by atoms with Crippen LogP contribution in [0.15, 0.2) is 0 Å². The van der Waals surface area contributed by atoms with Gasteiger partial charge in [0.1, 0.15) is 0 Å². The van der Waals surface area contributed by atoms with E-state index in [2.05, 4.69) is 0 Å². The summed E-state index contributed by atoms with van der Waals surface area (Å²) in [7, 11) is 0. The molecule has 1 N–H and O–H groups in total. The molecule has 2 nitrogen and oxygen atoms in total. The third kappa shape index (κ3) is 37.0. The van der Waals surface area contributed by atoms with Gasteiger partial charge in [0.05, 0.1) is 0 Å². The van der Waals surface area contributed by atoms with E-state index >= 15 is 0 Å². The van der Waals surface area contributed by atoms with E-state index < -0.39 is 0 Å². The molecule has 0 saturated heterocycles. The first kappa shape index (κ1) is 16.4. The van der Waals surface area contributed by atoms with Crippen LogP contribution in [-0.2, 0) is 4.79 Å². The van der Waals surface area contributed by atoms with Crippen LogP contribution in [0.4, 0.5) is 0 Å². The summed E-state index contributed by atoms with van der Waals surface area (Å²) in [5.41, 5.74) is 0. The van der Waals surface area contributed by atoms with Crippen LogP contribution in [0.25, 0.3) is 0 Å². The molecule has 0 aliphatic heterocycles. The molecule has 0 atom stereocenters. The fraction of sp³-hybridized carbons (Fsp3) is 0. The minimum Gasteiger partial charge on any atom is -1.00 e. The number of carbonyl (C=O) groups is 1. The Balaban J connectivity index is -0.0000000200. The molecule has 0 saturated carbocycles. The van der Waals surface area contributed by atoms with Crippen molar-refractivity contribution in [2.45, 2.75) is 0 Å². The second kappa shape index (κ2) is 19.0. The molecule has 0 aliphatic carbocycles. The molecule has 0 spiro atoms. The first-order valence-corrected chi connectivity index (χ1v) is 0.494. The Hall–Kier alpha value is 1.20. The molecule has 0 rings (SSSR count). The van der Waals surface area contributed by atoms with E-state index in [1.807, 2.05) is 0 Å². The predicted molar refractivity (Wildman–Crippen MR) is 8.69 cm³/mol. The van der Waals surface area contributed by atoms with Gasteiger partial charge >= 0.3 is 29.6 Å². The normalized spacial score (nSPS) is 2.40. The van der Waals surface area contributed by atoms with Gasteiger partial charge < -0.3 is 29.1 Å². The minimum absolute atomic E-state index is 0. The summed E-state index contributed by atoms with van der Waals surface area (Å²) in [4.78, 5) is 8.36. The van der Waals surface area contributed by atoms with E-state index in [0.29, 0.717) is 0 Å². The van der Waals surface area contributed by atoms with E-state index in [-0.39, 0.29) is 60.0 Å². The second-order valence-corrected chi connectivity index (χ2v) is 0.105. The Morgan fingerprint density at radius 2 is 1.60 bits per heavy atom. The Bertz CT molecular complexity index is 17.1. The molecule has 0 aromatic carbocycles. The largest absolute Gasteiger partial charge is 1.00 e. The van der Waals surface area contributed by atoms with Crippen molar-refractivity contribution in [3.05, 3.63) is 0 Å². The molecule has 0 bridgehead atoms. The zero-order valence-electron chi connectivity index (χ0n) is 2.81. The fourth-order valence-electron chi connectivity index (χ4n) is 0. The monoisotopic (exact) mass is 196 g/mol. The van der Waals surface area contributed by atoms with E-state index in [9.17, 15) is 0 Å². The molecule has 0 fully saturated rings. The smallest absolute Gasteiger partial charge is 1.00 e. The maximum Gasteiger partial charge on any atom is 1.00 e. The van der Waals surface area contributed by atoms with Crippen molar-refractivity contribution < 1.29 is 63.4 Å². The van der Waals surface area contributed by atoms with Gasteiger partial charge in [-0.25, -0.2) is 0 Å². The molecule has 4 heteroatoms. The van der Waals surface area contributed by atoms with Crippen molar-refractivity contribution in [2.75, 3.05) is 0 Å². The van der Waals surface area contributed by atoms with Crippen LogP contribution >= 0.6 is 0 Å². The van der Waals surface area contributed by atoms with Gasteiger partial charge in [0.15, 0.2) is 0 Å². The summed E-state index contributed by atoms with van der Waals surface area (Å²) >= 11 is 0. The third-order valence-corrected chi connectivity index (χ3v) is 0. The van der Waals surface area contributed by atoms with Gasteiger partial charge in [-0.1, -0.05) is 0 Å². The van der Waals surface area contributed by atoms with Crippen molar-refractivity contribution in [2.24, 2.45) is 0 Å². The average Bonchev–Trinajstić information content (AvgIpc) is 0.918. The third-order valence-electron chi connectivity index (χ3n) is 0.